The zero-order chi connectivity index (χ0) is 29.9. The van der Waals surface area contributed by atoms with Crippen molar-refractivity contribution in [3.05, 3.63) is 123 Å². The number of esters is 1. The highest BCUT2D eigenvalue weighted by Crippen LogP contribution is 2.42. The van der Waals surface area contributed by atoms with Crippen molar-refractivity contribution in [1.82, 2.24) is 4.90 Å². The number of nitrogens with zero attached hydrogens (tertiary/aromatic N) is 1. The van der Waals surface area contributed by atoms with Gasteiger partial charge in [0.2, 0.25) is 0 Å². The number of fused-ring (bicyclic) bond motifs is 2. The van der Waals surface area contributed by atoms with Crippen LogP contribution in [0.3, 0.4) is 0 Å². The fraction of sp³-hybridized carbons (Fsp3) is 0.286. The van der Waals surface area contributed by atoms with Crippen LogP contribution < -0.4 is 14.2 Å². The van der Waals surface area contributed by atoms with Gasteiger partial charge in [0.25, 0.3) is 0 Å². The largest absolute Gasteiger partial charge is 0.489 e. The number of hydrogen-bond acceptors (Lipinski definition) is 6. The molecule has 2 aliphatic heterocycles. The molecule has 0 amide bonds. The molecule has 1 unspecified atom stereocenters. The topological polar surface area (TPSA) is 57.2 Å². The third-order valence-electron chi connectivity index (χ3n) is 8.18. The number of halogens is 2. The van der Waals surface area contributed by atoms with E-state index in [0.29, 0.717) is 47.7 Å². The number of benzene rings is 4. The Balaban J connectivity index is 1.18. The Morgan fingerprint density at radius 2 is 1.72 bits per heavy atom. The van der Waals surface area contributed by atoms with Crippen LogP contribution in [0.15, 0.2) is 84.9 Å². The quantitative estimate of drug-likeness (QED) is 0.186. The van der Waals surface area contributed by atoms with Crippen LogP contribution in [0.2, 0.25) is 10.0 Å². The zero-order valence-electron chi connectivity index (χ0n) is 24.1. The molecule has 222 valence electrons. The fourth-order valence-corrected chi connectivity index (χ4v) is 6.25. The molecule has 0 radical (unpaired) electrons. The smallest absolute Gasteiger partial charge is 0.323 e. The lowest BCUT2D eigenvalue weighted by Gasteiger charge is -2.41. The molecule has 0 aromatic heterocycles. The zero-order valence-corrected chi connectivity index (χ0v) is 25.6. The number of carbonyl (C=O) groups is 1. The highest BCUT2D eigenvalue weighted by Gasteiger charge is 2.38. The molecule has 3 atom stereocenters. The van der Waals surface area contributed by atoms with Gasteiger partial charge in [0.1, 0.15) is 25.0 Å². The monoisotopic (exact) mass is 617 g/mol. The van der Waals surface area contributed by atoms with Crippen LogP contribution >= 0.6 is 23.2 Å². The second-order valence-corrected chi connectivity index (χ2v) is 11.7. The van der Waals surface area contributed by atoms with Gasteiger partial charge in [-0.05, 0) is 77.1 Å². The molecule has 4 aromatic rings. The molecule has 0 fully saturated rings. The lowest BCUT2D eigenvalue weighted by molar-refractivity contribution is -0.149. The van der Waals surface area contributed by atoms with E-state index in [-0.39, 0.29) is 24.2 Å². The lowest BCUT2D eigenvalue weighted by Crippen LogP contribution is -2.47. The third kappa shape index (κ3) is 6.32. The molecule has 0 spiro atoms. The maximum Gasteiger partial charge on any atom is 0.323 e. The molecule has 0 bridgehead atoms. The summed E-state index contributed by atoms with van der Waals surface area (Å²) >= 11 is 12.1. The molecule has 0 saturated carbocycles. The minimum atomic E-state index is -0.379. The molecule has 0 N–H and O–H groups in total. The van der Waals surface area contributed by atoms with Gasteiger partial charge in [0.05, 0.1) is 17.2 Å². The normalized spacial score (nSPS) is 18.4. The van der Waals surface area contributed by atoms with E-state index in [1.807, 2.05) is 54.6 Å². The molecule has 43 heavy (non-hydrogen) atoms. The first-order valence-corrected chi connectivity index (χ1v) is 15.2. The number of methoxy groups -OCH3 is 1. The van der Waals surface area contributed by atoms with E-state index in [0.717, 1.165) is 34.4 Å². The van der Waals surface area contributed by atoms with Gasteiger partial charge in [-0.2, -0.15) is 0 Å². The summed E-state index contributed by atoms with van der Waals surface area (Å²) in [5, 5.41) is 1.03. The van der Waals surface area contributed by atoms with Crippen molar-refractivity contribution in [1.29, 1.82) is 0 Å². The Labute approximate surface area is 262 Å². The van der Waals surface area contributed by atoms with Crippen molar-refractivity contribution >= 4 is 29.2 Å². The first kappa shape index (κ1) is 29.4. The lowest BCUT2D eigenvalue weighted by atomic mass is 9.89. The van der Waals surface area contributed by atoms with E-state index >= 15 is 0 Å². The van der Waals surface area contributed by atoms with Gasteiger partial charge in [0, 0.05) is 12.6 Å². The number of ether oxygens (including phenoxy) is 4. The number of rotatable bonds is 8. The van der Waals surface area contributed by atoms with Crippen LogP contribution in [-0.2, 0) is 29.1 Å². The molecular formula is C35H33Cl2NO5. The van der Waals surface area contributed by atoms with Gasteiger partial charge < -0.3 is 18.9 Å². The third-order valence-corrected chi connectivity index (χ3v) is 8.92. The van der Waals surface area contributed by atoms with Crippen LogP contribution in [0, 0.1) is 0 Å². The van der Waals surface area contributed by atoms with Crippen molar-refractivity contribution in [2.75, 3.05) is 13.7 Å². The van der Waals surface area contributed by atoms with Crippen molar-refractivity contribution < 1.29 is 23.7 Å². The van der Waals surface area contributed by atoms with Crippen LogP contribution in [-0.4, -0.2) is 30.6 Å². The summed E-state index contributed by atoms with van der Waals surface area (Å²) in [5.74, 6) is 1.92. The van der Waals surface area contributed by atoms with E-state index in [1.54, 1.807) is 12.1 Å². The van der Waals surface area contributed by atoms with Crippen molar-refractivity contribution in [3.63, 3.8) is 0 Å². The minimum absolute atomic E-state index is 0.0804. The standard InChI is InChI=1S/C35H33Cl2NO5/c1-3-30(23-7-5-4-6-8-23)38-19-26-18-33-32(17-25(26)16-31(38)35(39)40-2)42-21-34(43-33)24-10-12-27(13-11-24)41-20-22-9-14-28(36)29(37)15-22/h4-15,17-18,30-31,34H,3,16,19-21H2,1-2H3/t30?,31-,34+/m0/s1. The van der Waals surface area contributed by atoms with Gasteiger partial charge in [0.15, 0.2) is 17.6 Å². The van der Waals surface area contributed by atoms with Gasteiger partial charge in [-0.3, -0.25) is 9.69 Å². The highest BCUT2D eigenvalue weighted by molar-refractivity contribution is 6.42. The van der Waals surface area contributed by atoms with Gasteiger partial charge in [-0.15, -0.1) is 0 Å². The summed E-state index contributed by atoms with van der Waals surface area (Å²) in [4.78, 5) is 15.2. The molecule has 2 aliphatic rings. The maximum atomic E-state index is 13.0. The van der Waals surface area contributed by atoms with E-state index in [1.165, 1.54) is 12.7 Å². The fourth-order valence-electron chi connectivity index (χ4n) is 5.93. The van der Waals surface area contributed by atoms with E-state index in [2.05, 4.69) is 30.0 Å². The Morgan fingerprint density at radius 1 is 0.953 bits per heavy atom. The molecule has 4 aromatic carbocycles. The summed E-state index contributed by atoms with van der Waals surface area (Å²) in [7, 11) is 1.46. The molecule has 8 heteroatoms. The Morgan fingerprint density at radius 3 is 2.44 bits per heavy atom. The molecule has 6 rings (SSSR count). The predicted octanol–water partition coefficient (Wildman–Crippen LogP) is 8.14. The van der Waals surface area contributed by atoms with E-state index < -0.39 is 0 Å². The Kier molecular flexibility index (Phi) is 8.80. The summed E-state index contributed by atoms with van der Waals surface area (Å²) in [6.07, 6.45) is 1.16. The van der Waals surface area contributed by atoms with Crippen LogP contribution in [0.5, 0.6) is 17.2 Å². The second kappa shape index (κ2) is 12.9. The highest BCUT2D eigenvalue weighted by atomic mass is 35.5. The number of hydrogen-bond donors (Lipinski definition) is 0. The van der Waals surface area contributed by atoms with E-state index in [4.69, 9.17) is 42.1 Å². The summed E-state index contributed by atoms with van der Waals surface area (Å²) in [6.45, 7) is 3.52. The Hall–Kier alpha value is -3.71. The molecule has 6 nitrogen and oxygen atoms in total. The summed E-state index contributed by atoms with van der Waals surface area (Å²) in [6, 6.07) is 27.4. The van der Waals surface area contributed by atoms with Crippen molar-refractivity contribution in [2.24, 2.45) is 0 Å². The summed E-state index contributed by atoms with van der Waals surface area (Å²) in [5.41, 5.74) is 5.33. The van der Waals surface area contributed by atoms with Crippen molar-refractivity contribution in [3.8, 4) is 17.2 Å². The molecule has 2 heterocycles. The molecule has 0 aliphatic carbocycles. The molecular weight excluding hydrogens is 585 g/mol. The van der Waals surface area contributed by atoms with Gasteiger partial charge >= 0.3 is 5.97 Å². The minimum Gasteiger partial charge on any atom is -0.489 e. The van der Waals surface area contributed by atoms with Crippen LogP contribution in [0.1, 0.15) is 53.3 Å². The predicted molar refractivity (Wildman–Crippen MR) is 167 cm³/mol. The average molecular weight is 619 g/mol. The van der Waals surface area contributed by atoms with Crippen LogP contribution in [0.4, 0.5) is 0 Å². The first-order valence-electron chi connectivity index (χ1n) is 14.4. The van der Waals surface area contributed by atoms with Gasteiger partial charge in [-0.25, -0.2) is 0 Å². The van der Waals surface area contributed by atoms with Gasteiger partial charge in [-0.1, -0.05) is 78.7 Å². The van der Waals surface area contributed by atoms with Crippen LogP contribution in [0.25, 0.3) is 0 Å². The second-order valence-electron chi connectivity index (χ2n) is 10.8. The number of carbonyl (C=O) groups excluding carboxylic acids is 1. The Bertz CT molecular complexity index is 1590. The molecule has 0 saturated heterocycles. The SMILES string of the molecule is CCC(c1ccccc1)N1Cc2cc3c(cc2C[C@H]1C(=O)OC)OC[C@H](c1ccc(OCc2ccc(Cl)c(Cl)c2)cc1)O3. The summed E-state index contributed by atoms with van der Waals surface area (Å²) < 4.78 is 23.8. The maximum absolute atomic E-state index is 13.0. The average Bonchev–Trinajstić information content (AvgIpc) is 3.04. The first-order chi connectivity index (χ1) is 20.9. The van der Waals surface area contributed by atoms with Crippen molar-refractivity contribution in [2.45, 2.75) is 51.1 Å². The van der Waals surface area contributed by atoms with E-state index in [9.17, 15) is 4.79 Å².